The van der Waals surface area contributed by atoms with Crippen molar-refractivity contribution in [1.29, 1.82) is 0 Å². The Morgan fingerprint density at radius 1 is 1.06 bits per heavy atom. The summed E-state index contributed by atoms with van der Waals surface area (Å²) < 4.78 is 0. The standard InChI is InChI=1S/C24H25ClN6O3/c1-2-31(30-11-3-4-12-30)23(34)16-5-7-17(8-6-16)29-24-26-14-18(15-27-24)28-22(33)20-10-9-19(32)13-21(20)25/h5-10,13-15,32H,2-4,11-12H2,1H3,(H,28,33)(H,26,27,29). The molecule has 0 spiro atoms. The van der Waals surface area contributed by atoms with E-state index < -0.39 is 5.91 Å². The molecule has 34 heavy (non-hydrogen) atoms. The van der Waals surface area contributed by atoms with Crippen molar-refractivity contribution in [2.45, 2.75) is 19.8 Å². The Hall–Kier alpha value is -3.69. The van der Waals surface area contributed by atoms with E-state index in [1.807, 2.05) is 6.92 Å². The van der Waals surface area contributed by atoms with E-state index in [9.17, 15) is 14.7 Å². The van der Waals surface area contributed by atoms with Gasteiger partial charge in [0.15, 0.2) is 0 Å². The molecular weight excluding hydrogens is 456 g/mol. The van der Waals surface area contributed by atoms with E-state index in [0.717, 1.165) is 31.6 Å². The van der Waals surface area contributed by atoms with Crippen LogP contribution in [0.3, 0.4) is 0 Å². The van der Waals surface area contributed by atoms with Crippen molar-refractivity contribution < 1.29 is 14.7 Å². The third-order valence-corrected chi connectivity index (χ3v) is 5.77. The lowest BCUT2D eigenvalue weighted by Gasteiger charge is -2.30. The lowest BCUT2D eigenvalue weighted by Crippen LogP contribution is -2.44. The summed E-state index contributed by atoms with van der Waals surface area (Å²) in [5, 5.41) is 19.2. The van der Waals surface area contributed by atoms with Crippen molar-refractivity contribution in [2.24, 2.45) is 0 Å². The SMILES string of the molecule is CCN(C(=O)c1ccc(Nc2ncc(NC(=O)c3ccc(O)cc3Cl)cn2)cc1)N1CCCC1. The third kappa shape index (κ3) is 5.44. The van der Waals surface area contributed by atoms with Crippen LogP contribution < -0.4 is 10.6 Å². The lowest BCUT2D eigenvalue weighted by atomic mass is 10.2. The number of benzene rings is 2. The van der Waals surface area contributed by atoms with Crippen LogP contribution in [0.5, 0.6) is 5.75 Å². The molecule has 2 aromatic carbocycles. The van der Waals surface area contributed by atoms with E-state index >= 15 is 0 Å². The highest BCUT2D eigenvalue weighted by atomic mass is 35.5. The molecule has 10 heteroatoms. The number of carbonyl (C=O) groups is 2. The van der Waals surface area contributed by atoms with Crippen molar-refractivity contribution >= 4 is 40.7 Å². The van der Waals surface area contributed by atoms with E-state index in [1.54, 1.807) is 29.3 Å². The van der Waals surface area contributed by atoms with Gasteiger partial charge in [0.25, 0.3) is 11.8 Å². The monoisotopic (exact) mass is 480 g/mol. The fourth-order valence-corrected chi connectivity index (χ4v) is 3.99. The Labute approximate surface area is 202 Å². The molecule has 1 saturated heterocycles. The van der Waals surface area contributed by atoms with Gasteiger partial charge in [-0.1, -0.05) is 11.6 Å². The minimum atomic E-state index is -0.440. The smallest absolute Gasteiger partial charge is 0.268 e. The molecule has 0 aliphatic carbocycles. The van der Waals surface area contributed by atoms with Gasteiger partial charge in [0, 0.05) is 30.9 Å². The van der Waals surface area contributed by atoms with Crippen LogP contribution >= 0.6 is 11.6 Å². The van der Waals surface area contributed by atoms with Gasteiger partial charge in [-0.15, -0.1) is 0 Å². The first-order chi connectivity index (χ1) is 16.4. The average Bonchev–Trinajstić information content (AvgIpc) is 3.36. The molecule has 0 radical (unpaired) electrons. The first-order valence-electron chi connectivity index (χ1n) is 11.0. The molecule has 1 aliphatic rings. The summed E-state index contributed by atoms with van der Waals surface area (Å²) in [5.74, 6) is -0.135. The second-order valence-corrected chi connectivity index (χ2v) is 8.20. The van der Waals surface area contributed by atoms with Crippen molar-refractivity contribution in [1.82, 2.24) is 20.0 Å². The molecule has 3 aromatic rings. The van der Waals surface area contributed by atoms with E-state index in [2.05, 4.69) is 25.6 Å². The number of rotatable bonds is 7. The summed E-state index contributed by atoms with van der Waals surface area (Å²) in [6, 6.07) is 11.3. The highest BCUT2D eigenvalue weighted by molar-refractivity contribution is 6.34. The Morgan fingerprint density at radius 2 is 1.74 bits per heavy atom. The molecule has 9 nitrogen and oxygen atoms in total. The molecule has 3 N–H and O–H groups in total. The topological polar surface area (TPSA) is 111 Å². The lowest BCUT2D eigenvalue weighted by molar-refractivity contribution is 0.00736. The number of aromatic hydroxyl groups is 1. The summed E-state index contributed by atoms with van der Waals surface area (Å²) in [4.78, 5) is 33.7. The Balaban J connectivity index is 1.36. The number of halogens is 1. The number of amides is 2. The highest BCUT2D eigenvalue weighted by Crippen LogP contribution is 2.23. The maximum atomic E-state index is 12.9. The van der Waals surface area contributed by atoms with Crippen molar-refractivity contribution in [3.05, 3.63) is 71.0 Å². The zero-order valence-corrected chi connectivity index (χ0v) is 19.4. The van der Waals surface area contributed by atoms with Crippen LogP contribution in [0, 0.1) is 0 Å². The predicted octanol–water partition coefficient (Wildman–Crippen LogP) is 4.30. The molecule has 2 heterocycles. The number of nitrogens with one attached hydrogen (secondary N) is 2. The molecule has 2 amide bonds. The number of anilines is 3. The predicted molar refractivity (Wildman–Crippen MR) is 130 cm³/mol. The number of nitrogens with zero attached hydrogens (tertiary/aromatic N) is 4. The molecule has 1 fully saturated rings. The van der Waals surface area contributed by atoms with Gasteiger partial charge in [-0.3, -0.25) is 14.6 Å². The molecular formula is C24H25ClN6O3. The van der Waals surface area contributed by atoms with Crippen LogP contribution in [0.1, 0.15) is 40.5 Å². The van der Waals surface area contributed by atoms with Crippen LogP contribution in [0.2, 0.25) is 5.02 Å². The minimum Gasteiger partial charge on any atom is -0.508 e. The summed E-state index contributed by atoms with van der Waals surface area (Å²) in [5.41, 5.74) is 1.96. The molecule has 0 bridgehead atoms. The Morgan fingerprint density at radius 3 is 2.35 bits per heavy atom. The first-order valence-corrected chi connectivity index (χ1v) is 11.4. The fourth-order valence-electron chi connectivity index (χ4n) is 3.73. The van der Waals surface area contributed by atoms with E-state index in [-0.39, 0.29) is 22.2 Å². The second kappa shape index (κ2) is 10.5. The van der Waals surface area contributed by atoms with Gasteiger partial charge >= 0.3 is 0 Å². The van der Waals surface area contributed by atoms with Gasteiger partial charge in [-0.05, 0) is 62.2 Å². The Kier molecular flexibility index (Phi) is 7.24. The number of phenols is 1. The normalized spacial score (nSPS) is 13.5. The van der Waals surface area contributed by atoms with Crippen LogP contribution in [-0.2, 0) is 0 Å². The van der Waals surface area contributed by atoms with Gasteiger partial charge in [0.1, 0.15) is 5.75 Å². The molecule has 0 atom stereocenters. The number of hydrogen-bond acceptors (Lipinski definition) is 7. The number of aromatic nitrogens is 2. The summed E-state index contributed by atoms with van der Waals surface area (Å²) in [6.07, 6.45) is 5.16. The van der Waals surface area contributed by atoms with E-state index in [0.29, 0.717) is 23.7 Å². The maximum Gasteiger partial charge on any atom is 0.268 e. The molecule has 176 valence electrons. The molecule has 4 rings (SSSR count). The number of hydrazine groups is 1. The zero-order chi connectivity index (χ0) is 24.1. The van der Waals surface area contributed by atoms with Gasteiger partial charge < -0.3 is 15.7 Å². The first kappa shape index (κ1) is 23.5. The van der Waals surface area contributed by atoms with Crippen molar-refractivity contribution in [2.75, 3.05) is 30.3 Å². The van der Waals surface area contributed by atoms with Crippen LogP contribution in [-0.4, -0.2) is 56.5 Å². The largest absolute Gasteiger partial charge is 0.508 e. The molecule has 1 aliphatic heterocycles. The highest BCUT2D eigenvalue weighted by Gasteiger charge is 2.23. The van der Waals surface area contributed by atoms with Crippen LogP contribution in [0.15, 0.2) is 54.9 Å². The Bertz CT molecular complexity index is 1160. The molecule has 0 unspecified atom stereocenters. The fraction of sp³-hybridized carbons (Fsp3) is 0.250. The van der Waals surface area contributed by atoms with Crippen molar-refractivity contribution in [3.63, 3.8) is 0 Å². The molecule has 1 aromatic heterocycles. The second-order valence-electron chi connectivity index (χ2n) is 7.80. The summed E-state index contributed by atoms with van der Waals surface area (Å²) in [6.45, 7) is 4.44. The number of phenolic OH excluding ortho intramolecular Hbond substituents is 1. The van der Waals surface area contributed by atoms with E-state index in [4.69, 9.17) is 11.6 Å². The zero-order valence-electron chi connectivity index (χ0n) is 18.7. The quantitative estimate of drug-likeness (QED) is 0.462. The van der Waals surface area contributed by atoms with Gasteiger partial charge in [0.2, 0.25) is 5.95 Å². The van der Waals surface area contributed by atoms with Gasteiger partial charge in [0.05, 0.1) is 28.7 Å². The maximum absolute atomic E-state index is 12.9. The summed E-state index contributed by atoms with van der Waals surface area (Å²) in [7, 11) is 0. The van der Waals surface area contributed by atoms with Crippen LogP contribution in [0.25, 0.3) is 0 Å². The van der Waals surface area contributed by atoms with Gasteiger partial charge in [-0.2, -0.15) is 0 Å². The minimum absolute atomic E-state index is 0.0129. The van der Waals surface area contributed by atoms with Gasteiger partial charge in [-0.25, -0.2) is 15.0 Å². The molecule has 0 saturated carbocycles. The van der Waals surface area contributed by atoms with E-state index in [1.165, 1.54) is 30.6 Å². The van der Waals surface area contributed by atoms with Crippen LogP contribution in [0.4, 0.5) is 17.3 Å². The third-order valence-electron chi connectivity index (χ3n) is 5.45. The number of hydrogen-bond donors (Lipinski definition) is 3. The summed E-state index contributed by atoms with van der Waals surface area (Å²) >= 11 is 6.01. The van der Waals surface area contributed by atoms with Crippen molar-refractivity contribution in [3.8, 4) is 5.75 Å². The number of carbonyl (C=O) groups excluding carboxylic acids is 2. The average molecular weight is 481 g/mol.